The Morgan fingerprint density at radius 2 is 1.59 bits per heavy atom. The van der Waals surface area contributed by atoms with Crippen LogP contribution in [0.5, 0.6) is 5.75 Å². The Balaban J connectivity index is 0. The number of carboxylic acids is 1. The van der Waals surface area contributed by atoms with Gasteiger partial charge in [-0.1, -0.05) is 31.4 Å². The molecule has 1 rings (SSSR count). The molecule has 0 fully saturated rings. The number of para-hydroxylation sites is 1. The fourth-order valence-electron chi connectivity index (χ4n) is 1.63. The van der Waals surface area contributed by atoms with E-state index in [1.165, 1.54) is 12.1 Å². The molecule has 7 heteroatoms. The standard InChI is InChI=1S/C8H17NO2.C7H7NO2.Na/c9-7-5-3-1-2-4-6-8(10)11;8-7(10)5-3-1-2-4-6(5)9;/h1-7,9H2,(H,10,11);1-4,9H,(H2,8,10);/q;;+1/p-1. The van der Waals surface area contributed by atoms with Crippen molar-refractivity contribution >= 4 is 11.9 Å². The van der Waals surface area contributed by atoms with Crippen molar-refractivity contribution < 1.29 is 49.4 Å². The molecule has 0 spiro atoms. The van der Waals surface area contributed by atoms with E-state index in [4.69, 9.17) is 16.6 Å². The summed E-state index contributed by atoms with van der Waals surface area (Å²) < 4.78 is 0. The van der Waals surface area contributed by atoms with Gasteiger partial charge in [0, 0.05) is 5.97 Å². The van der Waals surface area contributed by atoms with Gasteiger partial charge in [0.05, 0.1) is 5.56 Å². The van der Waals surface area contributed by atoms with Crippen LogP contribution in [0.4, 0.5) is 0 Å². The molecule has 1 aromatic carbocycles. The Morgan fingerprint density at radius 3 is 2.05 bits per heavy atom. The average molecular weight is 318 g/mol. The van der Waals surface area contributed by atoms with Gasteiger partial charge in [-0.25, -0.2) is 0 Å². The van der Waals surface area contributed by atoms with Crippen LogP contribution in [0, 0.1) is 0 Å². The van der Waals surface area contributed by atoms with E-state index in [9.17, 15) is 14.7 Å². The van der Waals surface area contributed by atoms with E-state index < -0.39 is 11.9 Å². The van der Waals surface area contributed by atoms with Crippen molar-refractivity contribution in [2.24, 2.45) is 11.5 Å². The Morgan fingerprint density at radius 1 is 1.05 bits per heavy atom. The SMILES string of the molecule is NC(=O)c1ccccc1O.NCCCCCCCC(=O)[O-].[Na+]. The summed E-state index contributed by atoms with van der Waals surface area (Å²) in [6.07, 6.45) is 5.17. The monoisotopic (exact) mass is 318 g/mol. The van der Waals surface area contributed by atoms with Crippen molar-refractivity contribution in [3.63, 3.8) is 0 Å². The third-order valence-electron chi connectivity index (χ3n) is 2.75. The predicted molar refractivity (Wildman–Crippen MR) is 78.4 cm³/mol. The molecule has 0 aliphatic rings. The number of carboxylic acid groups (broad SMARTS) is 1. The van der Waals surface area contributed by atoms with Crippen molar-refractivity contribution in [1.82, 2.24) is 0 Å². The number of hydrogen-bond donors (Lipinski definition) is 3. The number of nitrogens with two attached hydrogens (primary N) is 2. The van der Waals surface area contributed by atoms with Crippen LogP contribution in [0.15, 0.2) is 24.3 Å². The zero-order valence-corrected chi connectivity index (χ0v) is 15.1. The molecule has 0 unspecified atom stereocenters. The number of amides is 1. The van der Waals surface area contributed by atoms with Gasteiger partial charge in [0.1, 0.15) is 5.75 Å². The Kier molecular flexibility index (Phi) is 15.6. The number of primary amides is 1. The number of aromatic hydroxyl groups is 1. The Bertz CT molecular complexity index is 441. The molecular weight excluding hydrogens is 295 g/mol. The number of hydrogen-bond acceptors (Lipinski definition) is 5. The summed E-state index contributed by atoms with van der Waals surface area (Å²) in [5.41, 5.74) is 10.4. The molecule has 0 saturated carbocycles. The predicted octanol–water partition coefficient (Wildman–Crippen LogP) is -2.47. The molecule has 0 bridgehead atoms. The van der Waals surface area contributed by atoms with Gasteiger partial charge in [-0.2, -0.15) is 0 Å². The molecule has 1 amide bonds. The van der Waals surface area contributed by atoms with Crippen molar-refractivity contribution in [1.29, 1.82) is 0 Å². The third-order valence-corrected chi connectivity index (χ3v) is 2.75. The first-order valence-electron chi connectivity index (χ1n) is 6.96. The molecule has 6 nitrogen and oxygen atoms in total. The minimum Gasteiger partial charge on any atom is -0.550 e. The van der Waals surface area contributed by atoms with Gasteiger partial charge < -0.3 is 26.5 Å². The van der Waals surface area contributed by atoms with Crippen LogP contribution in [0.3, 0.4) is 0 Å². The number of unbranched alkanes of at least 4 members (excludes halogenated alkanes) is 4. The summed E-state index contributed by atoms with van der Waals surface area (Å²) in [5, 5.41) is 18.9. The fraction of sp³-hybridized carbons (Fsp3) is 0.467. The van der Waals surface area contributed by atoms with Gasteiger partial charge in [-0.05, 0) is 37.9 Å². The molecule has 0 saturated heterocycles. The summed E-state index contributed by atoms with van der Waals surface area (Å²) in [6.45, 7) is 0.737. The minimum atomic E-state index is -0.941. The molecule has 0 radical (unpaired) electrons. The Hall–Kier alpha value is -1.08. The summed E-state index contributed by atoms with van der Waals surface area (Å²) >= 11 is 0. The maximum atomic E-state index is 10.5. The van der Waals surface area contributed by atoms with Crippen molar-refractivity contribution in [2.75, 3.05) is 6.54 Å². The van der Waals surface area contributed by atoms with Gasteiger partial charge in [0.2, 0.25) is 0 Å². The second-order valence-electron chi connectivity index (χ2n) is 4.56. The number of rotatable bonds is 8. The van der Waals surface area contributed by atoms with E-state index in [0.717, 1.165) is 38.6 Å². The number of benzene rings is 1. The second-order valence-corrected chi connectivity index (χ2v) is 4.56. The summed E-state index contributed by atoms with van der Waals surface area (Å²) in [4.78, 5) is 20.4. The third kappa shape index (κ3) is 12.6. The van der Waals surface area contributed by atoms with Gasteiger partial charge in [-0.15, -0.1) is 0 Å². The van der Waals surface area contributed by atoms with E-state index in [0.29, 0.717) is 0 Å². The van der Waals surface area contributed by atoms with E-state index in [-0.39, 0.29) is 47.3 Å². The van der Waals surface area contributed by atoms with E-state index in [1.807, 2.05) is 0 Å². The zero-order chi connectivity index (χ0) is 16.1. The van der Waals surface area contributed by atoms with E-state index >= 15 is 0 Å². The quantitative estimate of drug-likeness (QED) is 0.361. The molecule has 1 aromatic rings. The topological polar surface area (TPSA) is 129 Å². The summed E-state index contributed by atoms with van der Waals surface area (Å²) in [7, 11) is 0. The van der Waals surface area contributed by atoms with Gasteiger partial charge in [0.25, 0.3) is 5.91 Å². The van der Waals surface area contributed by atoms with E-state index in [1.54, 1.807) is 12.1 Å². The molecular formula is C15H23N2NaO4. The zero-order valence-electron chi connectivity index (χ0n) is 13.1. The first-order valence-corrected chi connectivity index (χ1v) is 6.96. The average Bonchev–Trinajstić information content (AvgIpc) is 2.43. The summed E-state index contributed by atoms with van der Waals surface area (Å²) in [5.74, 6) is -1.63. The van der Waals surface area contributed by atoms with E-state index in [2.05, 4.69) is 0 Å². The number of phenols is 1. The van der Waals surface area contributed by atoms with Crippen LogP contribution < -0.4 is 46.1 Å². The van der Waals surface area contributed by atoms with Crippen molar-refractivity contribution in [3.8, 4) is 5.75 Å². The van der Waals surface area contributed by atoms with Crippen LogP contribution >= 0.6 is 0 Å². The van der Waals surface area contributed by atoms with Crippen molar-refractivity contribution in [2.45, 2.75) is 38.5 Å². The fourth-order valence-corrected chi connectivity index (χ4v) is 1.63. The summed E-state index contributed by atoms with van der Waals surface area (Å²) in [6, 6.07) is 6.15. The smallest absolute Gasteiger partial charge is 0.550 e. The van der Waals surface area contributed by atoms with Crippen LogP contribution in [0.1, 0.15) is 48.9 Å². The molecule has 0 aromatic heterocycles. The first kappa shape index (κ1) is 23.2. The van der Waals surface area contributed by atoms with Crippen LogP contribution in [0.25, 0.3) is 0 Å². The molecule has 0 atom stereocenters. The molecule has 0 aliphatic carbocycles. The second kappa shape index (κ2) is 14.8. The normalized spacial score (nSPS) is 9.14. The molecule has 22 heavy (non-hydrogen) atoms. The van der Waals surface area contributed by atoms with Gasteiger partial charge >= 0.3 is 29.6 Å². The maximum Gasteiger partial charge on any atom is 1.00 e. The van der Waals surface area contributed by atoms with Crippen molar-refractivity contribution in [3.05, 3.63) is 29.8 Å². The van der Waals surface area contributed by atoms with Crippen LogP contribution in [0.2, 0.25) is 0 Å². The van der Waals surface area contributed by atoms with Crippen LogP contribution in [-0.4, -0.2) is 23.5 Å². The minimum absolute atomic E-state index is 0. The molecule has 0 heterocycles. The number of carbonyl (C=O) groups is 2. The molecule has 0 aliphatic heterocycles. The van der Waals surface area contributed by atoms with Gasteiger partial charge in [0.15, 0.2) is 0 Å². The number of aliphatic carboxylic acids is 1. The van der Waals surface area contributed by atoms with Crippen LogP contribution in [-0.2, 0) is 4.79 Å². The Labute approximate surface area is 153 Å². The van der Waals surface area contributed by atoms with Gasteiger partial charge in [-0.3, -0.25) is 4.79 Å². The first-order chi connectivity index (χ1) is 9.99. The number of carbonyl (C=O) groups excluding carboxylic acids is 2. The largest absolute Gasteiger partial charge is 1.00 e. The maximum absolute atomic E-state index is 10.5. The molecule has 5 N–H and O–H groups in total. The molecule has 118 valence electrons.